The van der Waals surface area contributed by atoms with Gasteiger partial charge < -0.3 is 15.4 Å². The number of para-hydroxylation sites is 1. The molecule has 2 aliphatic heterocycles. The van der Waals surface area contributed by atoms with Crippen molar-refractivity contribution in [2.75, 3.05) is 0 Å². The predicted molar refractivity (Wildman–Crippen MR) is 98.4 cm³/mol. The average molecular weight is 415 g/mol. The number of carbonyl (C=O) groups excluding carboxylic acids is 2. The van der Waals surface area contributed by atoms with E-state index >= 15 is 0 Å². The highest BCUT2D eigenvalue weighted by Crippen LogP contribution is 2.43. The smallest absolute Gasteiger partial charge is 0.408 e. The van der Waals surface area contributed by atoms with Crippen molar-refractivity contribution in [2.45, 2.75) is 31.1 Å². The van der Waals surface area contributed by atoms with Gasteiger partial charge in [0.25, 0.3) is 0 Å². The molecule has 0 aliphatic carbocycles. The van der Waals surface area contributed by atoms with Crippen LogP contribution in [0.4, 0.5) is 13.2 Å². The van der Waals surface area contributed by atoms with Crippen LogP contribution in [0.25, 0.3) is 0 Å². The summed E-state index contributed by atoms with van der Waals surface area (Å²) in [6.45, 7) is 0. The van der Waals surface area contributed by atoms with Crippen molar-refractivity contribution in [3.63, 3.8) is 0 Å². The molecular formula is C21H16F3N3O3. The zero-order valence-corrected chi connectivity index (χ0v) is 15.5. The summed E-state index contributed by atoms with van der Waals surface area (Å²) in [5.41, 5.74) is 1.52. The Morgan fingerprint density at radius 2 is 1.87 bits per heavy atom. The molecule has 2 aliphatic rings. The quantitative estimate of drug-likeness (QED) is 0.737. The largest absolute Gasteiger partial charge is 0.457 e. The molecule has 1 fully saturated rings. The Morgan fingerprint density at radius 1 is 1.13 bits per heavy atom. The number of piperidine rings is 1. The van der Waals surface area contributed by atoms with E-state index in [1.54, 1.807) is 42.5 Å². The van der Waals surface area contributed by atoms with E-state index in [2.05, 4.69) is 5.32 Å². The van der Waals surface area contributed by atoms with Crippen molar-refractivity contribution in [2.24, 2.45) is 5.92 Å². The van der Waals surface area contributed by atoms with E-state index in [-0.39, 0.29) is 12.8 Å². The molecule has 2 amide bonds. The van der Waals surface area contributed by atoms with Crippen LogP contribution in [-0.2, 0) is 9.59 Å². The Bertz CT molecular complexity index is 1060. The standard InChI is InChI=1S/C21H16F3N3O3/c22-21(23,24)17-8-6-13(19(28)26-17)20(29)27-18-12-3-1-2-4-15(12)30-16-7-5-11(10-25)9-14(16)18/h1-5,7,9,13,17-18H,6,8H2,(H,26,28)(H,27,29). The fourth-order valence-corrected chi connectivity index (χ4v) is 3.74. The SMILES string of the molecule is N#Cc1ccc2c(c1)C(NC(=O)C1CCC(C(F)(F)F)NC1=O)c1ccccc1O2. The summed E-state index contributed by atoms with van der Waals surface area (Å²) < 4.78 is 44.4. The molecule has 9 heteroatoms. The molecule has 2 heterocycles. The molecule has 3 atom stereocenters. The van der Waals surface area contributed by atoms with Crippen molar-refractivity contribution >= 4 is 11.8 Å². The van der Waals surface area contributed by atoms with Gasteiger partial charge >= 0.3 is 6.18 Å². The van der Waals surface area contributed by atoms with Gasteiger partial charge in [-0.25, -0.2) is 0 Å². The van der Waals surface area contributed by atoms with Crippen LogP contribution >= 0.6 is 0 Å². The number of fused-ring (bicyclic) bond motifs is 2. The zero-order valence-electron chi connectivity index (χ0n) is 15.5. The van der Waals surface area contributed by atoms with Crippen LogP contribution in [0.3, 0.4) is 0 Å². The Hall–Kier alpha value is -3.54. The minimum Gasteiger partial charge on any atom is -0.457 e. The summed E-state index contributed by atoms with van der Waals surface area (Å²) in [6.07, 6.45) is -5.13. The third kappa shape index (κ3) is 3.56. The number of hydrogen-bond acceptors (Lipinski definition) is 4. The fraction of sp³-hybridized carbons (Fsp3) is 0.286. The highest BCUT2D eigenvalue weighted by atomic mass is 19.4. The highest BCUT2D eigenvalue weighted by Gasteiger charge is 2.46. The fourth-order valence-electron chi connectivity index (χ4n) is 3.74. The van der Waals surface area contributed by atoms with Gasteiger partial charge in [0.2, 0.25) is 11.8 Å². The number of halogens is 3. The topological polar surface area (TPSA) is 91.2 Å². The first-order valence-electron chi connectivity index (χ1n) is 9.26. The first kappa shape index (κ1) is 19.8. The molecule has 6 nitrogen and oxygen atoms in total. The van der Waals surface area contributed by atoms with E-state index in [0.29, 0.717) is 28.2 Å². The van der Waals surface area contributed by atoms with Gasteiger partial charge in [-0.15, -0.1) is 0 Å². The maximum atomic E-state index is 12.9. The van der Waals surface area contributed by atoms with E-state index in [1.165, 1.54) is 0 Å². The maximum absolute atomic E-state index is 12.9. The van der Waals surface area contributed by atoms with E-state index in [4.69, 9.17) is 4.74 Å². The molecule has 0 bridgehead atoms. The van der Waals surface area contributed by atoms with E-state index < -0.39 is 36.0 Å². The lowest BCUT2D eigenvalue weighted by molar-refractivity contribution is -0.171. The lowest BCUT2D eigenvalue weighted by atomic mass is 9.90. The van der Waals surface area contributed by atoms with Crippen molar-refractivity contribution < 1.29 is 27.5 Å². The Balaban J connectivity index is 1.61. The van der Waals surface area contributed by atoms with Gasteiger partial charge in [-0.1, -0.05) is 18.2 Å². The van der Waals surface area contributed by atoms with Crippen LogP contribution in [0.1, 0.15) is 35.6 Å². The summed E-state index contributed by atoms with van der Waals surface area (Å²) in [5, 5.41) is 13.9. The minimum atomic E-state index is -4.55. The molecule has 0 radical (unpaired) electrons. The number of ether oxygens (including phenoxy) is 1. The summed E-state index contributed by atoms with van der Waals surface area (Å²) in [6, 6.07) is 11.1. The second-order valence-corrected chi connectivity index (χ2v) is 7.18. The first-order chi connectivity index (χ1) is 14.3. The lowest BCUT2D eigenvalue weighted by Crippen LogP contribution is -2.54. The average Bonchev–Trinajstić information content (AvgIpc) is 2.72. The van der Waals surface area contributed by atoms with Gasteiger partial charge in [0.05, 0.1) is 17.7 Å². The van der Waals surface area contributed by atoms with Gasteiger partial charge in [0.15, 0.2) is 0 Å². The van der Waals surface area contributed by atoms with Crippen LogP contribution in [0.5, 0.6) is 11.5 Å². The minimum absolute atomic E-state index is 0.211. The molecule has 2 N–H and O–H groups in total. The summed E-state index contributed by atoms with van der Waals surface area (Å²) >= 11 is 0. The van der Waals surface area contributed by atoms with Gasteiger partial charge in [-0.2, -0.15) is 18.4 Å². The van der Waals surface area contributed by atoms with E-state index in [9.17, 15) is 28.0 Å². The highest BCUT2D eigenvalue weighted by molar-refractivity contribution is 6.01. The van der Waals surface area contributed by atoms with Crippen molar-refractivity contribution in [1.82, 2.24) is 10.6 Å². The molecule has 30 heavy (non-hydrogen) atoms. The van der Waals surface area contributed by atoms with Crippen molar-refractivity contribution in [1.29, 1.82) is 5.26 Å². The van der Waals surface area contributed by atoms with Crippen LogP contribution in [0, 0.1) is 17.2 Å². The number of alkyl halides is 3. The number of carbonyl (C=O) groups is 2. The summed E-state index contributed by atoms with van der Waals surface area (Å²) in [4.78, 5) is 25.0. The predicted octanol–water partition coefficient (Wildman–Crippen LogP) is 3.33. The van der Waals surface area contributed by atoms with Crippen molar-refractivity contribution in [3.05, 3.63) is 59.2 Å². The third-order valence-corrected chi connectivity index (χ3v) is 5.28. The normalized spacial score (nSPS) is 22.6. The zero-order chi connectivity index (χ0) is 21.5. The monoisotopic (exact) mass is 415 g/mol. The number of benzene rings is 2. The van der Waals surface area contributed by atoms with Crippen LogP contribution in [0.2, 0.25) is 0 Å². The Morgan fingerprint density at radius 3 is 2.57 bits per heavy atom. The van der Waals surface area contributed by atoms with E-state index in [1.807, 2.05) is 11.4 Å². The molecule has 3 unspecified atom stereocenters. The number of nitrogens with zero attached hydrogens (tertiary/aromatic N) is 1. The molecule has 0 spiro atoms. The molecule has 2 aromatic rings. The van der Waals surface area contributed by atoms with Crippen molar-refractivity contribution in [3.8, 4) is 17.6 Å². The summed E-state index contributed by atoms with van der Waals surface area (Å²) in [7, 11) is 0. The summed E-state index contributed by atoms with van der Waals surface area (Å²) in [5.74, 6) is -1.91. The van der Waals surface area contributed by atoms with Gasteiger partial charge in [0, 0.05) is 11.1 Å². The molecule has 0 saturated carbocycles. The second kappa shape index (κ2) is 7.37. The lowest BCUT2D eigenvalue weighted by Gasteiger charge is -2.32. The van der Waals surface area contributed by atoms with Gasteiger partial charge in [-0.3, -0.25) is 9.59 Å². The molecule has 4 rings (SSSR count). The van der Waals surface area contributed by atoms with Crippen LogP contribution in [0.15, 0.2) is 42.5 Å². The Labute approximate surface area is 169 Å². The third-order valence-electron chi connectivity index (χ3n) is 5.28. The molecule has 0 aromatic heterocycles. The maximum Gasteiger partial charge on any atom is 0.408 e. The van der Waals surface area contributed by atoms with Gasteiger partial charge in [-0.05, 0) is 37.1 Å². The first-order valence-corrected chi connectivity index (χ1v) is 9.26. The number of nitriles is 1. The Kier molecular flexibility index (Phi) is 4.86. The van der Waals surface area contributed by atoms with Gasteiger partial charge in [0.1, 0.15) is 23.5 Å². The molecule has 154 valence electrons. The van der Waals surface area contributed by atoms with Crippen LogP contribution in [-0.4, -0.2) is 24.0 Å². The number of amides is 2. The van der Waals surface area contributed by atoms with Crippen LogP contribution < -0.4 is 15.4 Å². The number of nitrogens with one attached hydrogen (secondary N) is 2. The second-order valence-electron chi connectivity index (χ2n) is 7.18. The molecular weight excluding hydrogens is 399 g/mol. The van der Waals surface area contributed by atoms with E-state index in [0.717, 1.165) is 0 Å². The molecule has 2 aromatic carbocycles. The number of hydrogen-bond donors (Lipinski definition) is 2. The number of rotatable bonds is 2. The molecule has 1 saturated heterocycles.